The number of nitrogens with two attached hydrogens (primary N) is 1. The SMILES string of the molecule is CC(C)C[C@H](NC(=O)[C@H](Cc1ccccc1)N=[N+]=[N-])C(=O)N[C@@H](CC(C)C)C(=O)NN. The Bertz CT molecular complexity index is 776. The first kappa shape index (κ1) is 25.9. The van der Waals surface area contributed by atoms with Crippen molar-refractivity contribution < 1.29 is 14.4 Å². The Labute approximate surface area is 182 Å². The number of hydrogen-bond donors (Lipinski definition) is 4. The number of nitrogens with zero attached hydrogens (tertiary/aromatic N) is 3. The monoisotopic (exact) mass is 431 g/mol. The third kappa shape index (κ3) is 9.50. The van der Waals surface area contributed by atoms with Gasteiger partial charge in [-0.3, -0.25) is 19.8 Å². The van der Waals surface area contributed by atoms with E-state index in [4.69, 9.17) is 11.4 Å². The molecule has 1 rings (SSSR count). The zero-order valence-corrected chi connectivity index (χ0v) is 18.5. The maximum atomic E-state index is 12.9. The van der Waals surface area contributed by atoms with Crippen LogP contribution in [-0.2, 0) is 20.8 Å². The summed E-state index contributed by atoms with van der Waals surface area (Å²) in [6, 6.07) is 6.44. The lowest BCUT2D eigenvalue weighted by Gasteiger charge is -2.25. The van der Waals surface area contributed by atoms with Crippen molar-refractivity contribution in [2.24, 2.45) is 22.8 Å². The van der Waals surface area contributed by atoms with Gasteiger partial charge in [-0.15, -0.1) is 0 Å². The van der Waals surface area contributed by atoms with Gasteiger partial charge in [0.1, 0.15) is 18.1 Å². The van der Waals surface area contributed by atoms with Gasteiger partial charge in [-0.25, -0.2) is 5.84 Å². The molecule has 0 bridgehead atoms. The molecule has 0 spiro atoms. The second-order valence-corrected chi connectivity index (χ2v) is 8.30. The number of benzene rings is 1. The third-order valence-electron chi connectivity index (χ3n) is 4.59. The highest BCUT2D eigenvalue weighted by Gasteiger charge is 2.29. The summed E-state index contributed by atoms with van der Waals surface area (Å²) in [6.07, 6.45) is 0.954. The lowest BCUT2D eigenvalue weighted by Crippen LogP contribution is -2.56. The predicted octanol–water partition coefficient (Wildman–Crippen LogP) is 1.96. The van der Waals surface area contributed by atoms with Gasteiger partial charge in [0.25, 0.3) is 5.91 Å². The minimum Gasteiger partial charge on any atom is -0.344 e. The first-order valence-corrected chi connectivity index (χ1v) is 10.4. The van der Waals surface area contributed by atoms with Crippen LogP contribution < -0.4 is 21.9 Å². The molecule has 31 heavy (non-hydrogen) atoms. The average Bonchev–Trinajstić information content (AvgIpc) is 2.71. The molecule has 0 unspecified atom stereocenters. The first-order valence-electron chi connectivity index (χ1n) is 10.4. The highest BCUT2D eigenvalue weighted by atomic mass is 16.2. The van der Waals surface area contributed by atoms with Crippen LogP contribution >= 0.6 is 0 Å². The molecule has 10 nitrogen and oxygen atoms in total. The standard InChI is InChI=1S/C21H33N7O3/c1-13(2)10-16(19(29)25-17(11-14(3)4)21(31)26-22)24-20(30)18(27-28-23)12-15-8-6-5-7-9-15/h5-9,13-14,16-18H,10-12,22H2,1-4H3,(H,24,30)(H,25,29)(H,26,31)/t16-,17-,18-/m0/s1. The molecule has 0 fully saturated rings. The summed E-state index contributed by atoms with van der Waals surface area (Å²) in [6.45, 7) is 7.67. The zero-order chi connectivity index (χ0) is 23.4. The van der Waals surface area contributed by atoms with Crippen molar-refractivity contribution in [3.63, 3.8) is 0 Å². The molecule has 170 valence electrons. The van der Waals surface area contributed by atoms with Crippen molar-refractivity contribution in [2.75, 3.05) is 0 Å². The maximum absolute atomic E-state index is 12.9. The van der Waals surface area contributed by atoms with Crippen molar-refractivity contribution in [2.45, 2.75) is 65.1 Å². The van der Waals surface area contributed by atoms with Gasteiger partial charge < -0.3 is 10.6 Å². The third-order valence-corrected chi connectivity index (χ3v) is 4.59. The van der Waals surface area contributed by atoms with Crippen molar-refractivity contribution in [3.05, 3.63) is 46.3 Å². The van der Waals surface area contributed by atoms with Gasteiger partial charge in [0.15, 0.2) is 0 Å². The predicted molar refractivity (Wildman–Crippen MR) is 118 cm³/mol. The van der Waals surface area contributed by atoms with E-state index in [0.29, 0.717) is 12.8 Å². The van der Waals surface area contributed by atoms with E-state index in [9.17, 15) is 14.4 Å². The van der Waals surface area contributed by atoms with Gasteiger partial charge in [-0.05, 0) is 42.2 Å². The van der Waals surface area contributed by atoms with Crippen LogP contribution in [0.25, 0.3) is 10.4 Å². The van der Waals surface area contributed by atoms with Crippen LogP contribution in [0.3, 0.4) is 0 Å². The molecule has 0 aromatic heterocycles. The smallest absolute Gasteiger partial charge is 0.256 e. The minimum atomic E-state index is -1.01. The molecule has 0 saturated heterocycles. The van der Waals surface area contributed by atoms with E-state index in [0.717, 1.165) is 5.56 Å². The quantitative estimate of drug-likeness (QED) is 0.0994. The van der Waals surface area contributed by atoms with Gasteiger partial charge in [0, 0.05) is 4.91 Å². The summed E-state index contributed by atoms with van der Waals surface area (Å²) in [5.74, 6) is 3.93. The van der Waals surface area contributed by atoms with Crippen molar-refractivity contribution in [1.29, 1.82) is 0 Å². The molecule has 5 N–H and O–H groups in total. The summed E-state index contributed by atoms with van der Waals surface area (Å²) in [5.41, 5.74) is 11.8. The number of carbonyl (C=O) groups is 3. The van der Waals surface area contributed by atoms with E-state index >= 15 is 0 Å². The van der Waals surface area contributed by atoms with Crippen LogP contribution in [0.5, 0.6) is 0 Å². The Morgan fingerprint density at radius 1 is 0.935 bits per heavy atom. The lowest BCUT2D eigenvalue weighted by atomic mass is 9.99. The van der Waals surface area contributed by atoms with Crippen LogP contribution in [-0.4, -0.2) is 35.8 Å². The number of carbonyl (C=O) groups excluding carboxylic acids is 3. The molecular formula is C21H33N7O3. The van der Waals surface area contributed by atoms with Gasteiger partial charge in [0.2, 0.25) is 11.8 Å². The van der Waals surface area contributed by atoms with E-state index in [-0.39, 0.29) is 18.3 Å². The summed E-state index contributed by atoms with van der Waals surface area (Å²) >= 11 is 0. The van der Waals surface area contributed by atoms with Gasteiger partial charge in [-0.1, -0.05) is 63.1 Å². The second kappa shape index (κ2) is 13.3. The van der Waals surface area contributed by atoms with Crippen molar-refractivity contribution in [3.8, 4) is 0 Å². The Morgan fingerprint density at radius 3 is 1.94 bits per heavy atom. The molecule has 0 saturated carbocycles. The number of hydrogen-bond acceptors (Lipinski definition) is 5. The fourth-order valence-electron chi connectivity index (χ4n) is 3.13. The fraction of sp³-hybridized carbons (Fsp3) is 0.571. The van der Waals surface area contributed by atoms with E-state index in [1.54, 1.807) is 0 Å². The Morgan fingerprint density at radius 2 is 1.45 bits per heavy atom. The van der Waals surface area contributed by atoms with E-state index in [1.807, 2.05) is 58.0 Å². The first-order chi connectivity index (χ1) is 14.7. The zero-order valence-electron chi connectivity index (χ0n) is 18.5. The van der Waals surface area contributed by atoms with Gasteiger partial charge >= 0.3 is 0 Å². The topological polar surface area (TPSA) is 162 Å². The number of azide groups is 1. The largest absolute Gasteiger partial charge is 0.344 e. The summed E-state index contributed by atoms with van der Waals surface area (Å²) < 4.78 is 0. The van der Waals surface area contributed by atoms with E-state index in [1.165, 1.54) is 0 Å². The number of rotatable bonds is 12. The number of amides is 3. The van der Waals surface area contributed by atoms with Crippen LogP contribution in [0, 0.1) is 11.8 Å². The molecule has 0 aliphatic rings. The molecule has 0 radical (unpaired) electrons. The summed E-state index contributed by atoms with van der Waals surface area (Å²) in [4.78, 5) is 40.6. The fourth-order valence-corrected chi connectivity index (χ4v) is 3.13. The van der Waals surface area contributed by atoms with E-state index in [2.05, 4.69) is 26.1 Å². The molecule has 3 amide bonds. The molecule has 1 aromatic carbocycles. The highest BCUT2D eigenvalue weighted by molar-refractivity contribution is 5.93. The molecule has 10 heteroatoms. The molecule has 0 aliphatic carbocycles. The highest BCUT2D eigenvalue weighted by Crippen LogP contribution is 2.11. The Balaban J connectivity index is 2.97. The van der Waals surface area contributed by atoms with Crippen molar-refractivity contribution in [1.82, 2.24) is 16.1 Å². The van der Waals surface area contributed by atoms with Crippen LogP contribution in [0.2, 0.25) is 0 Å². The number of hydrazine groups is 1. The van der Waals surface area contributed by atoms with Crippen molar-refractivity contribution >= 4 is 17.7 Å². The Hall–Kier alpha value is -3.10. The van der Waals surface area contributed by atoms with Gasteiger partial charge in [-0.2, -0.15) is 0 Å². The maximum Gasteiger partial charge on any atom is 0.256 e. The minimum absolute atomic E-state index is 0.0926. The Kier molecular flexibility index (Phi) is 11.1. The van der Waals surface area contributed by atoms with Gasteiger partial charge in [0.05, 0.1) is 0 Å². The molecule has 0 aliphatic heterocycles. The summed E-state index contributed by atoms with van der Waals surface area (Å²) in [7, 11) is 0. The normalized spacial score (nSPS) is 13.6. The van der Waals surface area contributed by atoms with E-state index < -0.39 is 35.8 Å². The molecule has 0 heterocycles. The van der Waals surface area contributed by atoms with Crippen LogP contribution in [0.4, 0.5) is 0 Å². The van der Waals surface area contributed by atoms with Crippen LogP contribution in [0.15, 0.2) is 35.4 Å². The van der Waals surface area contributed by atoms with Crippen LogP contribution in [0.1, 0.15) is 46.1 Å². The average molecular weight is 432 g/mol. The second-order valence-electron chi connectivity index (χ2n) is 8.30. The molecular weight excluding hydrogens is 398 g/mol. The number of nitrogens with one attached hydrogen (secondary N) is 3. The summed E-state index contributed by atoms with van der Waals surface area (Å²) in [5, 5.41) is 8.98. The molecule has 3 atom stereocenters. The molecule has 1 aromatic rings. The lowest BCUT2D eigenvalue weighted by molar-refractivity contribution is -0.133.